The smallest absolute Gasteiger partial charge is 0.312 e. The monoisotopic (exact) mass is 288 g/mol. The molecule has 5 nitrogen and oxygen atoms in total. The molecule has 2 amide bonds. The van der Waals surface area contributed by atoms with Gasteiger partial charge in [0.25, 0.3) is 0 Å². The predicted molar refractivity (Wildman–Crippen MR) is 79.6 cm³/mol. The number of aliphatic hydroxyl groups excluding tert-OH is 1. The fourth-order valence-corrected chi connectivity index (χ4v) is 2.74. The Morgan fingerprint density at radius 3 is 2.43 bits per heavy atom. The van der Waals surface area contributed by atoms with Crippen LogP contribution in [0.15, 0.2) is 41.7 Å². The van der Waals surface area contributed by atoms with Gasteiger partial charge in [-0.05, 0) is 11.0 Å². The molecule has 0 heterocycles. The molecule has 0 saturated carbocycles. The normalized spacial score (nSPS) is 19.2. The molecule has 1 aliphatic rings. The van der Waals surface area contributed by atoms with Crippen molar-refractivity contribution >= 4 is 11.8 Å². The van der Waals surface area contributed by atoms with Crippen molar-refractivity contribution in [3.05, 3.63) is 47.2 Å². The second-order valence-corrected chi connectivity index (χ2v) is 6.15. The minimum atomic E-state index is -0.734. The zero-order chi connectivity index (χ0) is 15.6. The van der Waals surface area contributed by atoms with E-state index >= 15 is 0 Å². The average molecular weight is 288 g/mol. The molecule has 1 aliphatic carbocycles. The average Bonchev–Trinajstić information content (AvgIpc) is 2.36. The number of amides is 2. The van der Waals surface area contributed by atoms with Crippen molar-refractivity contribution in [3.63, 3.8) is 0 Å². The van der Waals surface area contributed by atoms with E-state index in [4.69, 9.17) is 5.73 Å². The number of nitrogens with two attached hydrogens (primary N) is 1. The van der Waals surface area contributed by atoms with Crippen molar-refractivity contribution in [1.29, 1.82) is 0 Å². The first-order valence-electron chi connectivity index (χ1n) is 6.86. The molecule has 1 unspecified atom stereocenters. The Morgan fingerprint density at radius 2 is 1.90 bits per heavy atom. The zero-order valence-electron chi connectivity index (χ0n) is 12.2. The maximum atomic E-state index is 12.4. The van der Waals surface area contributed by atoms with E-state index in [1.807, 2.05) is 19.9 Å². The lowest BCUT2D eigenvalue weighted by molar-refractivity contribution is -0.118. The number of carbonyl (C=O) groups is 2. The summed E-state index contributed by atoms with van der Waals surface area (Å²) >= 11 is 0. The minimum absolute atomic E-state index is 0.0267. The third-order valence-electron chi connectivity index (χ3n) is 3.60. The molecule has 0 fully saturated rings. The predicted octanol–water partition coefficient (Wildman–Crippen LogP) is 2.60. The van der Waals surface area contributed by atoms with Crippen LogP contribution in [0.4, 0.5) is 4.79 Å². The highest BCUT2D eigenvalue weighted by Crippen LogP contribution is 2.39. The van der Waals surface area contributed by atoms with Crippen LogP contribution in [-0.4, -0.2) is 16.9 Å². The summed E-state index contributed by atoms with van der Waals surface area (Å²) < 4.78 is 0. The Hall–Kier alpha value is -2.30. The largest absolute Gasteiger partial charge is 0.512 e. The van der Waals surface area contributed by atoms with Crippen LogP contribution >= 0.6 is 0 Å². The highest BCUT2D eigenvalue weighted by atomic mass is 16.3. The number of benzene rings is 1. The summed E-state index contributed by atoms with van der Waals surface area (Å²) in [4.78, 5) is 23.7. The van der Waals surface area contributed by atoms with Gasteiger partial charge in [-0.1, -0.05) is 44.2 Å². The Labute approximate surface area is 123 Å². The number of nitrogens with one attached hydrogen (secondary N) is 1. The first kappa shape index (κ1) is 15.1. The van der Waals surface area contributed by atoms with Crippen LogP contribution in [-0.2, 0) is 4.79 Å². The molecule has 1 atom stereocenters. The number of primary amides is 1. The van der Waals surface area contributed by atoms with Crippen LogP contribution < -0.4 is 11.1 Å². The van der Waals surface area contributed by atoms with E-state index in [0.717, 1.165) is 0 Å². The Balaban J connectivity index is 2.46. The van der Waals surface area contributed by atoms with E-state index in [9.17, 15) is 14.7 Å². The van der Waals surface area contributed by atoms with Gasteiger partial charge in [0.2, 0.25) is 0 Å². The number of Topliss-reactive ketones (excluding diaryl/α,β-unsaturated/α-hetero) is 1. The quantitative estimate of drug-likeness (QED) is 0.798. The van der Waals surface area contributed by atoms with Crippen LogP contribution in [0.25, 0.3) is 0 Å². The number of ketones is 1. The van der Waals surface area contributed by atoms with Crippen molar-refractivity contribution < 1.29 is 14.7 Å². The van der Waals surface area contributed by atoms with Gasteiger partial charge in [0, 0.05) is 12.8 Å². The Kier molecular flexibility index (Phi) is 4.02. The molecule has 0 radical (unpaired) electrons. The second kappa shape index (κ2) is 5.60. The fraction of sp³-hybridized carbons (Fsp3) is 0.375. The molecular weight excluding hydrogens is 268 g/mol. The summed E-state index contributed by atoms with van der Waals surface area (Å²) in [6, 6.07) is 7.57. The lowest BCUT2D eigenvalue weighted by atomic mass is 9.74. The molecule has 1 aromatic rings. The van der Waals surface area contributed by atoms with Gasteiger partial charge in [-0.25, -0.2) is 4.79 Å². The number of aliphatic hydroxyl groups is 1. The summed E-state index contributed by atoms with van der Waals surface area (Å²) in [6.07, 6.45) is 0.730. The van der Waals surface area contributed by atoms with Crippen LogP contribution in [0.2, 0.25) is 0 Å². The van der Waals surface area contributed by atoms with Gasteiger partial charge >= 0.3 is 6.03 Å². The molecule has 1 aromatic carbocycles. The first-order valence-corrected chi connectivity index (χ1v) is 6.86. The van der Waals surface area contributed by atoms with Gasteiger partial charge in [0.15, 0.2) is 5.78 Å². The zero-order valence-corrected chi connectivity index (χ0v) is 12.2. The topological polar surface area (TPSA) is 92.4 Å². The molecular formula is C16H20N2O3. The molecule has 0 saturated heterocycles. The Bertz CT molecular complexity index is 591. The number of hydrogen-bond donors (Lipinski definition) is 3. The summed E-state index contributed by atoms with van der Waals surface area (Å²) in [5.41, 5.74) is 5.89. The van der Waals surface area contributed by atoms with E-state index in [-0.39, 0.29) is 22.5 Å². The third-order valence-corrected chi connectivity index (χ3v) is 3.60. The maximum Gasteiger partial charge on any atom is 0.312 e. The maximum absolute atomic E-state index is 12.4. The highest BCUT2D eigenvalue weighted by molar-refractivity contribution is 5.99. The Morgan fingerprint density at radius 1 is 1.29 bits per heavy atom. The summed E-state index contributed by atoms with van der Waals surface area (Å²) in [6.45, 7) is 3.86. The van der Waals surface area contributed by atoms with Crippen LogP contribution in [0, 0.1) is 5.41 Å². The van der Waals surface area contributed by atoms with E-state index in [0.29, 0.717) is 18.4 Å². The van der Waals surface area contributed by atoms with Gasteiger partial charge in [0.1, 0.15) is 5.76 Å². The van der Waals surface area contributed by atoms with Crippen LogP contribution in [0.5, 0.6) is 0 Å². The second-order valence-electron chi connectivity index (χ2n) is 6.15. The lowest BCUT2D eigenvalue weighted by Gasteiger charge is -2.32. The van der Waals surface area contributed by atoms with E-state index in [1.165, 1.54) is 0 Å². The van der Waals surface area contributed by atoms with Gasteiger partial charge in [-0.2, -0.15) is 0 Å². The molecule has 112 valence electrons. The molecule has 0 spiro atoms. The number of hydrogen-bond acceptors (Lipinski definition) is 3. The standard InChI is InChI=1S/C16H20N2O3/c1-16(2)8-11(19)13(12(20)9-16)14(18-15(17)21)10-6-4-3-5-7-10/h3-7,14,19H,8-9H2,1-2H3,(H3,17,18,21). The van der Waals surface area contributed by atoms with Gasteiger partial charge in [-0.3, -0.25) is 4.79 Å². The van der Waals surface area contributed by atoms with Crippen LogP contribution in [0.3, 0.4) is 0 Å². The third kappa shape index (κ3) is 3.42. The van der Waals surface area contributed by atoms with Crippen molar-refractivity contribution in [3.8, 4) is 0 Å². The number of carbonyl (C=O) groups excluding carboxylic acids is 2. The van der Waals surface area contributed by atoms with Crippen molar-refractivity contribution in [2.45, 2.75) is 32.7 Å². The molecule has 2 rings (SSSR count). The molecule has 21 heavy (non-hydrogen) atoms. The molecule has 5 heteroatoms. The van der Waals surface area contributed by atoms with Gasteiger partial charge in [-0.15, -0.1) is 0 Å². The number of urea groups is 1. The first-order chi connectivity index (χ1) is 9.80. The summed E-state index contributed by atoms with van der Waals surface area (Å²) in [7, 11) is 0. The van der Waals surface area contributed by atoms with Crippen LogP contribution in [0.1, 0.15) is 38.3 Å². The molecule has 0 aliphatic heterocycles. The minimum Gasteiger partial charge on any atom is -0.512 e. The van der Waals surface area contributed by atoms with E-state index < -0.39 is 12.1 Å². The summed E-state index contributed by atoms with van der Waals surface area (Å²) in [5, 5.41) is 12.8. The molecule has 0 bridgehead atoms. The molecule has 4 N–H and O–H groups in total. The van der Waals surface area contributed by atoms with Crippen molar-refractivity contribution in [2.24, 2.45) is 11.1 Å². The fourth-order valence-electron chi connectivity index (χ4n) is 2.74. The van der Waals surface area contributed by atoms with Gasteiger partial charge in [0.05, 0.1) is 11.6 Å². The van der Waals surface area contributed by atoms with E-state index in [1.54, 1.807) is 24.3 Å². The van der Waals surface area contributed by atoms with Crippen molar-refractivity contribution in [1.82, 2.24) is 5.32 Å². The SMILES string of the molecule is CC1(C)CC(=O)C(C(NC(N)=O)c2ccccc2)=C(O)C1. The highest BCUT2D eigenvalue weighted by Gasteiger charge is 2.37. The molecule has 0 aromatic heterocycles. The number of rotatable bonds is 3. The summed E-state index contributed by atoms with van der Waals surface area (Å²) in [5.74, 6) is -0.134. The van der Waals surface area contributed by atoms with E-state index in [2.05, 4.69) is 5.32 Å². The van der Waals surface area contributed by atoms with Crippen molar-refractivity contribution in [2.75, 3.05) is 0 Å². The van der Waals surface area contributed by atoms with Gasteiger partial charge < -0.3 is 16.2 Å². The lowest BCUT2D eigenvalue weighted by Crippen LogP contribution is -2.38. The number of allylic oxidation sites excluding steroid dienone is 1.